The molecule has 0 unspecified atom stereocenters. The van der Waals surface area contributed by atoms with Crippen molar-refractivity contribution < 1.29 is 13.9 Å². The lowest BCUT2D eigenvalue weighted by Crippen LogP contribution is -2.39. The van der Waals surface area contributed by atoms with E-state index in [-0.39, 0.29) is 25.1 Å². The third-order valence-electron chi connectivity index (χ3n) is 4.16. The van der Waals surface area contributed by atoms with Crippen molar-refractivity contribution in [3.63, 3.8) is 0 Å². The number of aromatic nitrogens is 2. The van der Waals surface area contributed by atoms with Gasteiger partial charge in [-0.2, -0.15) is 0 Å². The van der Waals surface area contributed by atoms with Gasteiger partial charge in [0, 0.05) is 16.6 Å². The number of carbonyl (C=O) groups excluding carboxylic acids is 1. The second kappa shape index (κ2) is 8.89. The molecule has 2 aromatic carbocycles. The molecular weight excluding hydrogens is 378 g/mol. The quantitative estimate of drug-likeness (QED) is 0.584. The van der Waals surface area contributed by atoms with Gasteiger partial charge >= 0.3 is 0 Å². The molecule has 0 saturated heterocycles. The van der Waals surface area contributed by atoms with E-state index >= 15 is 0 Å². The number of hydrogen-bond acceptors (Lipinski definition) is 5. The van der Waals surface area contributed by atoms with Crippen molar-refractivity contribution in [1.29, 1.82) is 0 Å². The van der Waals surface area contributed by atoms with Crippen LogP contribution in [0.25, 0.3) is 11.5 Å². The van der Waals surface area contributed by atoms with Crippen molar-refractivity contribution >= 4 is 17.5 Å². The molecule has 0 fully saturated rings. The number of halogens is 1. The van der Waals surface area contributed by atoms with Gasteiger partial charge < -0.3 is 14.1 Å². The highest BCUT2D eigenvalue weighted by Gasteiger charge is 2.21. The average Bonchev–Trinajstić information content (AvgIpc) is 3.13. The average molecular weight is 400 g/mol. The van der Waals surface area contributed by atoms with E-state index in [4.69, 9.17) is 20.8 Å². The number of amides is 1. The maximum Gasteiger partial charge on any atom is 0.261 e. The molecule has 0 spiro atoms. The molecule has 1 amide bonds. The summed E-state index contributed by atoms with van der Waals surface area (Å²) in [6.45, 7) is 6.00. The van der Waals surface area contributed by atoms with E-state index in [0.29, 0.717) is 22.6 Å². The first kappa shape index (κ1) is 19.9. The number of hydrogen-bond donors (Lipinski definition) is 0. The highest BCUT2D eigenvalue weighted by Crippen LogP contribution is 2.21. The molecule has 0 saturated carbocycles. The molecule has 6 nitrogen and oxygen atoms in total. The monoisotopic (exact) mass is 399 g/mol. The molecule has 0 aliphatic heterocycles. The lowest BCUT2D eigenvalue weighted by atomic mass is 10.2. The molecule has 146 valence electrons. The second-order valence-electron chi connectivity index (χ2n) is 6.73. The first-order chi connectivity index (χ1) is 13.4. The van der Waals surface area contributed by atoms with Crippen LogP contribution in [0.5, 0.6) is 5.75 Å². The Balaban J connectivity index is 1.65. The molecule has 1 heterocycles. The van der Waals surface area contributed by atoms with Gasteiger partial charge in [-0.25, -0.2) is 0 Å². The summed E-state index contributed by atoms with van der Waals surface area (Å²) >= 11 is 5.90. The zero-order valence-corrected chi connectivity index (χ0v) is 16.8. The number of aryl methyl sites for hydroxylation is 1. The first-order valence-electron chi connectivity index (χ1n) is 8.99. The van der Waals surface area contributed by atoms with Crippen LogP contribution in [0.15, 0.2) is 52.9 Å². The van der Waals surface area contributed by atoms with Crippen LogP contribution in [0, 0.1) is 6.92 Å². The summed E-state index contributed by atoms with van der Waals surface area (Å²) in [5, 5.41) is 8.76. The summed E-state index contributed by atoms with van der Waals surface area (Å²) in [7, 11) is 0. The molecule has 7 heteroatoms. The van der Waals surface area contributed by atoms with Crippen LogP contribution in [0.1, 0.15) is 25.3 Å². The van der Waals surface area contributed by atoms with Crippen LogP contribution < -0.4 is 4.74 Å². The predicted octanol–water partition coefficient (Wildman–Crippen LogP) is 4.51. The van der Waals surface area contributed by atoms with E-state index in [0.717, 1.165) is 11.1 Å². The van der Waals surface area contributed by atoms with Crippen molar-refractivity contribution in [2.75, 3.05) is 6.61 Å². The highest BCUT2D eigenvalue weighted by atomic mass is 35.5. The predicted molar refractivity (Wildman–Crippen MR) is 107 cm³/mol. The summed E-state index contributed by atoms with van der Waals surface area (Å²) in [5.74, 6) is 1.27. The number of rotatable bonds is 7. The van der Waals surface area contributed by atoms with Crippen molar-refractivity contribution in [2.24, 2.45) is 0 Å². The summed E-state index contributed by atoms with van der Waals surface area (Å²) in [5.41, 5.74) is 1.85. The minimum absolute atomic E-state index is 0.0421. The topological polar surface area (TPSA) is 68.5 Å². The molecule has 0 radical (unpaired) electrons. The fraction of sp³-hybridized carbons (Fsp3) is 0.286. The van der Waals surface area contributed by atoms with E-state index in [2.05, 4.69) is 10.2 Å². The molecular formula is C21H22ClN3O3. The minimum Gasteiger partial charge on any atom is -0.484 e. The van der Waals surface area contributed by atoms with Gasteiger partial charge in [-0.3, -0.25) is 4.79 Å². The van der Waals surface area contributed by atoms with E-state index in [1.54, 1.807) is 29.2 Å². The number of benzene rings is 2. The Morgan fingerprint density at radius 1 is 1.18 bits per heavy atom. The standard InChI is InChI=1S/C21H22ClN3O3/c1-14(2)25(20(26)13-27-18-6-4-5-15(3)11-18)12-19-23-24-21(28-19)16-7-9-17(22)10-8-16/h4-11,14H,12-13H2,1-3H3. The van der Waals surface area contributed by atoms with Crippen molar-refractivity contribution in [3.05, 3.63) is 65.0 Å². The van der Waals surface area contributed by atoms with Gasteiger partial charge in [-0.15, -0.1) is 10.2 Å². The molecule has 0 aliphatic carbocycles. The zero-order chi connectivity index (χ0) is 20.1. The molecule has 0 atom stereocenters. The van der Waals surface area contributed by atoms with Crippen LogP contribution in [0.2, 0.25) is 5.02 Å². The van der Waals surface area contributed by atoms with Gasteiger partial charge in [0.05, 0.1) is 6.54 Å². The van der Waals surface area contributed by atoms with Gasteiger partial charge in [0.2, 0.25) is 11.8 Å². The van der Waals surface area contributed by atoms with E-state index in [1.165, 1.54) is 0 Å². The lowest BCUT2D eigenvalue weighted by Gasteiger charge is -2.25. The van der Waals surface area contributed by atoms with Crippen molar-refractivity contribution in [3.8, 4) is 17.2 Å². The zero-order valence-electron chi connectivity index (χ0n) is 16.1. The molecule has 1 aromatic heterocycles. The van der Waals surface area contributed by atoms with Crippen LogP contribution in [-0.4, -0.2) is 33.7 Å². The Bertz CT molecular complexity index is 938. The molecule has 28 heavy (non-hydrogen) atoms. The summed E-state index contributed by atoms with van der Waals surface area (Å²) in [6.07, 6.45) is 0. The van der Waals surface area contributed by atoms with Crippen LogP contribution >= 0.6 is 11.6 Å². The van der Waals surface area contributed by atoms with Crippen molar-refractivity contribution in [1.82, 2.24) is 15.1 Å². The minimum atomic E-state index is -0.150. The van der Waals surface area contributed by atoms with Gasteiger partial charge in [0.15, 0.2) is 6.61 Å². The third kappa shape index (κ3) is 5.10. The smallest absolute Gasteiger partial charge is 0.261 e. The first-order valence-corrected chi connectivity index (χ1v) is 9.37. The molecule has 0 N–H and O–H groups in total. The van der Waals surface area contributed by atoms with Gasteiger partial charge in [-0.05, 0) is 62.7 Å². The maximum atomic E-state index is 12.7. The van der Waals surface area contributed by atoms with Crippen molar-refractivity contribution in [2.45, 2.75) is 33.4 Å². The van der Waals surface area contributed by atoms with E-state index in [9.17, 15) is 4.79 Å². The molecule has 0 aliphatic rings. The Labute approximate surface area is 169 Å². The summed E-state index contributed by atoms with van der Waals surface area (Å²) in [4.78, 5) is 14.3. The maximum absolute atomic E-state index is 12.7. The van der Waals surface area contributed by atoms with Gasteiger partial charge in [0.25, 0.3) is 5.91 Å². The number of nitrogens with zero attached hydrogens (tertiary/aromatic N) is 3. The van der Waals surface area contributed by atoms with Crippen LogP contribution in [0.3, 0.4) is 0 Å². The largest absolute Gasteiger partial charge is 0.484 e. The summed E-state index contributed by atoms with van der Waals surface area (Å²) in [6, 6.07) is 14.7. The van der Waals surface area contributed by atoms with E-state index < -0.39 is 0 Å². The van der Waals surface area contributed by atoms with Crippen LogP contribution in [0.4, 0.5) is 0 Å². The van der Waals surface area contributed by atoms with Gasteiger partial charge in [-0.1, -0.05) is 23.7 Å². The van der Waals surface area contributed by atoms with Gasteiger partial charge in [0.1, 0.15) is 5.75 Å². The Morgan fingerprint density at radius 3 is 2.61 bits per heavy atom. The molecule has 3 rings (SSSR count). The Morgan fingerprint density at radius 2 is 1.93 bits per heavy atom. The number of carbonyl (C=O) groups is 1. The SMILES string of the molecule is Cc1cccc(OCC(=O)N(Cc2nnc(-c3ccc(Cl)cc3)o2)C(C)C)c1. The fourth-order valence-corrected chi connectivity index (χ4v) is 2.79. The second-order valence-corrected chi connectivity index (χ2v) is 7.16. The lowest BCUT2D eigenvalue weighted by molar-refractivity contribution is -0.136. The number of ether oxygens (including phenoxy) is 1. The molecule has 3 aromatic rings. The third-order valence-corrected chi connectivity index (χ3v) is 4.41. The fourth-order valence-electron chi connectivity index (χ4n) is 2.66. The Hall–Kier alpha value is -2.86. The summed E-state index contributed by atoms with van der Waals surface area (Å²) < 4.78 is 11.4. The highest BCUT2D eigenvalue weighted by molar-refractivity contribution is 6.30. The van der Waals surface area contributed by atoms with E-state index in [1.807, 2.05) is 45.0 Å². The normalized spacial score (nSPS) is 10.9. The Kier molecular flexibility index (Phi) is 6.31. The molecule has 0 bridgehead atoms. The van der Waals surface area contributed by atoms with Crippen LogP contribution in [-0.2, 0) is 11.3 Å².